The van der Waals surface area contributed by atoms with Gasteiger partial charge in [-0.3, -0.25) is 4.57 Å². The summed E-state index contributed by atoms with van der Waals surface area (Å²) in [5, 5.41) is 0. The van der Waals surface area contributed by atoms with E-state index in [4.69, 9.17) is 4.98 Å². The molecule has 1 aliphatic carbocycles. The molecule has 0 N–H and O–H groups in total. The highest BCUT2D eigenvalue weighted by atomic mass is 15.1. The van der Waals surface area contributed by atoms with Crippen LogP contribution in [0, 0.1) is 19.8 Å². The Bertz CT molecular complexity index is 1740. The average Bonchev–Trinajstić information content (AvgIpc) is 3.42. The summed E-state index contributed by atoms with van der Waals surface area (Å²) in [6.07, 6.45) is 6.53. The van der Waals surface area contributed by atoms with E-state index in [1.165, 1.54) is 68.5 Å². The van der Waals surface area contributed by atoms with E-state index in [2.05, 4.69) is 145 Å². The molecule has 1 fully saturated rings. The third-order valence-corrected chi connectivity index (χ3v) is 9.98. The highest BCUT2D eigenvalue weighted by molar-refractivity contribution is 5.80. The van der Waals surface area contributed by atoms with E-state index in [9.17, 15) is 0 Å². The van der Waals surface area contributed by atoms with Crippen LogP contribution in [0.25, 0.3) is 39.3 Å². The van der Waals surface area contributed by atoms with Gasteiger partial charge in [0.2, 0.25) is 0 Å². The zero-order valence-electron chi connectivity index (χ0n) is 27.2. The maximum atomic E-state index is 5.07. The first-order valence-corrected chi connectivity index (χ1v) is 16.1. The fourth-order valence-electron chi connectivity index (χ4n) is 7.44. The molecule has 0 bridgehead atoms. The first kappa shape index (κ1) is 29.2. The number of imidazole rings is 1. The molecule has 0 radical (unpaired) electrons. The van der Waals surface area contributed by atoms with Gasteiger partial charge in [-0.05, 0) is 112 Å². The van der Waals surface area contributed by atoms with Gasteiger partial charge in [-0.15, -0.1) is 0 Å². The van der Waals surface area contributed by atoms with Crippen LogP contribution >= 0.6 is 0 Å². The highest BCUT2D eigenvalue weighted by Crippen LogP contribution is 2.58. The van der Waals surface area contributed by atoms with Crippen molar-refractivity contribution in [2.45, 2.75) is 85.5 Å². The number of nitrogens with zero attached hydrogens (tertiary/aromatic N) is 2. The summed E-state index contributed by atoms with van der Waals surface area (Å²) in [5.41, 5.74) is 14.7. The Morgan fingerprint density at radius 3 is 2.05 bits per heavy atom. The van der Waals surface area contributed by atoms with Crippen LogP contribution in [0.1, 0.15) is 94.0 Å². The third-order valence-electron chi connectivity index (χ3n) is 9.98. The van der Waals surface area contributed by atoms with E-state index in [0.29, 0.717) is 17.8 Å². The van der Waals surface area contributed by atoms with Crippen LogP contribution in [-0.4, -0.2) is 9.55 Å². The molecular weight excluding hydrogens is 520 g/mol. The van der Waals surface area contributed by atoms with E-state index < -0.39 is 0 Å². The van der Waals surface area contributed by atoms with Gasteiger partial charge >= 0.3 is 0 Å². The Balaban J connectivity index is 1.56. The van der Waals surface area contributed by atoms with Gasteiger partial charge in [-0.25, -0.2) is 4.98 Å². The second kappa shape index (κ2) is 11.3. The molecule has 5 aromatic rings. The SMILES string of the molecule is CC[C@H]1CC1(C)c1ccc(-c2c(C(C)C)cccc2C(C)C)cc1-c1nccn1-c1cccc(-c2c(C)cccc2C)c1. The normalized spacial score (nSPS) is 18.0. The van der Waals surface area contributed by atoms with Gasteiger partial charge in [0.05, 0.1) is 0 Å². The van der Waals surface area contributed by atoms with Crippen molar-refractivity contribution in [1.82, 2.24) is 9.55 Å². The van der Waals surface area contributed by atoms with Crippen molar-refractivity contribution in [2.75, 3.05) is 0 Å². The summed E-state index contributed by atoms with van der Waals surface area (Å²) in [7, 11) is 0. The van der Waals surface area contributed by atoms with Crippen LogP contribution in [0.3, 0.4) is 0 Å². The molecule has 2 atom stereocenters. The van der Waals surface area contributed by atoms with Crippen molar-refractivity contribution >= 4 is 0 Å². The van der Waals surface area contributed by atoms with Crippen LogP contribution in [0.4, 0.5) is 0 Å². The van der Waals surface area contributed by atoms with Gasteiger partial charge in [0, 0.05) is 23.6 Å². The third kappa shape index (κ3) is 5.16. The number of aryl methyl sites for hydroxylation is 2. The quantitative estimate of drug-likeness (QED) is 0.183. The molecule has 0 aliphatic heterocycles. The summed E-state index contributed by atoms with van der Waals surface area (Å²) in [6, 6.07) is 29.6. The van der Waals surface area contributed by atoms with E-state index in [1.807, 2.05) is 6.20 Å². The van der Waals surface area contributed by atoms with Crippen molar-refractivity contribution in [2.24, 2.45) is 5.92 Å². The largest absolute Gasteiger partial charge is 0.300 e. The predicted octanol–water partition coefficient (Wildman–Crippen LogP) is 11.4. The minimum absolute atomic E-state index is 0.179. The first-order chi connectivity index (χ1) is 20.6. The van der Waals surface area contributed by atoms with Gasteiger partial charge in [-0.2, -0.15) is 0 Å². The van der Waals surface area contributed by atoms with Crippen LogP contribution in [0.2, 0.25) is 0 Å². The minimum Gasteiger partial charge on any atom is -0.300 e. The maximum Gasteiger partial charge on any atom is 0.144 e. The van der Waals surface area contributed by atoms with Gasteiger partial charge in [-0.1, -0.05) is 109 Å². The molecule has 0 spiro atoms. The van der Waals surface area contributed by atoms with Crippen molar-refractivity contribution < 1.29 is 0 Å². The van der Waals surface area contributed by atoms with E-state index >= 15 is 0 Å². The Kier molecular flexibility index (Phi) is 7.67. The maximum absolute atomic E-state index is 5.07. The lowest BCUT2D eigenvalue weighted by Gasteiger charge is -2.23. The van der Waals surface area contributed by atoms with E-state index in [1.54, 1.807) is 0 Å². The lowest BCUT2D eigenvalue weighted by atomic mass is 9.82. The Hall–Kier alpha value is -3.91. The predicted molar refractivity (Wildman–Crippen MR) is 183 cm³/mol. The van der Waals surface area contributed by atoms with Gasteiger partial charge in [0.1, 0.15) is 5.82 Å². The first-order valence-electron chi connectivity index (χ1n) is 16.1. The van der Waals surface area contributed by atoms with Crippen molar-refractivity contribution in [3.63, 3.8) is 0 Å². The molecule has 4 aromatic carbocycles. The molecule has 1 heterocycles. The molecule has 43 heavy (non-hydrogen) atoms. The molecule has 6 rings (SSSR count). The molecule has 2 heteroatoms. The summed E-state index contributed by atoms with van der Waals surface area (Å²) in [6.45, 7) is 18.4. The molecule has 1 saturated carbocycles. The summed E-state index contributed by atoms with van der Waals surface area (Å²) < 4.78 is 2.30. The van der Waals surface area contributed by atoms with Gasteiger partial charge in [0.15, 0.2) is 0 Å². The Morgan fingerprint density at radius 1 is 0.791 bits per heavy atom. The van der Waals surface area contributed by atoms with Crippen molar-refractivity contribution in [3.8, 4) is 39.3 Å². The number of rotatable bonds is 8. The Morgan fingerprint density at radius 2 is 1.42 bits per heavy atom. The monoisotopic (exact) mass is 566 g/mol. The number of hydrogen-bond acceptors (Lipinski definition) is 1. The van der Waals surface area contributed by atoms with Crippen molar-refractivity contribution in [3.05, 3.63) is 119 Å². The highest BCUT2D eigenvalue weighted by Gasteiger charge is 2.51. The number of hydrogen-bond donors (Lipinski definition) is 0. The van der Waals surface area contributed by atoms with Crippen molar-refractivity contribution in [1.29, 1.82) is 0 Å². The smallest absolute Gasteiger partial charge is 0.144 e. The molecule has 2 nitrogen and oxygen atoms in total. The fraction of sp³-hybridized carbons (Fsp3) is 0.341. The van der Waals surface area contributed by atoms with Crippen LogP contribution in [-0.2, 0) is 5.41 Å². The molecule has 1 unspecified atom stereocenters. The number of aromatic nitrogens is 2. The van der Waals surface area contributed by atoms with Gasteiger partial charge in [0.25, 0.3) is 0 Å². The molecule has 0 amide bonds. The van der Waals surface area contributed by atoms with Crippen LogP contribution in [0.5, 0.6) is 0 Å². The van der Waals surface area contributed by atoms with Crippen LogP contribution < -0.4 is 0 Å². The summed E-state index contributed by atoms with van der Waals surface area (Å²) >= 11 is 0. The molecule has 1 aliphatic rings. The lowest BCUT2D eigenvalue weighted by Crippen LogP contribution is -2.09. The molecular formula is C41H46N2. The molecule has 220 valence electrons. The lowest BCUT2D eigenvalue weighted by molar-refractivity contribution is 0.643. The minimum atomic E-state index is 0.179. The topological polar surface area (TPSA) is 17.8 Å². The zero-order chi connectivity index (χ0) is 30.5. The molecule has 0 saturated heterocycles. The summed E-state index contributed by atoms with van der Waals surface area (Å²) in [4.78, 5) is 5.07. The van der Waals surface area contributed by atoms with E-state index in [-0.39, 0.29) is 5.41 Å². The molecule has 1 aromatic heterocycles. The fourth-order valence-corrected chi connectivity index (χ4v) is 7.44. The van der Waals surface area contributed by atoms with E-state index in [0.717, 1.165) is 11.5 Å². The summed E-state index contributed by atoms with van der Waals surface area (Å²) in [5.74, 6) is 2.61. The zero-order valence-corrected chi connectivity index (χ0v) is 27.2. The second-order valence-electron chi connectivity index (χ2n) is 13.5. The van der Waals surface area contributed by atoms with Gasteiger partial charge < -0.3 is 0 Å². The number of benzene rings is 4. The average molecular weight is 567 g/mol. The Labute approximate surface area is 258 Å². The van der Waals surface area contributed by atoms with Crippen LogP contribution in [0.15, 0.2) is 91.3 Å². The standard InChI is InChI=1S/C41H46N2/c1-9-32-25-41(32,8)37-20-19-31(39-34(26(2)3)17-12-18-35(39)27(4)5)24-36(37)40-42-21-22-43(40)33-16-11-15-30(23-33)38-28(6)13-10-14-29(38)7/h10-24,26-27,32H,9,25H2,1-8H3/t32-,41?/m0/s1. The second-order valence-corrected chi connectivity index (χ2v) is 13.5.